The fourth-order valence-corrected chi connectivity index (χ4v) is 2.70. The Morgan fingerprint density at radius 3 is 2.71 bits per heavy atom. The highest BCUT2D eigenvalue weighted by Crippen LogP contribution is 2.18. The van der Waals surface area contributed by atoms with E-state index in [4.69, 9.17) is 10.8 Å². The molecule has 0 saturated carbocycles. The number of nitrogens with two attached hydrogens (primary N) is 1. The molecule has 2 rings (SSSR count). The van der Waals surface area contributed by atoms with Crippen molar-refractivity contribution in [3.05, 3.63) is 35.9 Å². The van der Waals surface area contributed by atoms with Crippen LogP contribution in [0.25, 0.3) is 0 Å². The van der Waals surface area contributed by atoms with E-state index >= 15 is 0 Å². The lowest BCUT2D eigenvalue weighted by Crippen LogP contribution is -2.49. The number of piperidine rings is 1. The molecule has 2 atom stereocenters. The summed E-state index contributed by atoms with van der Waals surface area (Å²) < 4.78 is 0. The van der Waals surface area contributed by atoms with Gasteiger partial charge in [-0.2, -0.15) is 0 Å². The first-order valence-corrected chi connectivity index (χ1v) is 7.39. The summed E-state index contributed by atoms with van der Waals surface area (Å²) >= 11 is 0. The van der Waals surface area contributed by atoms with Gasteiger partial charge in [-0.1, -0.05) is 30.3 Å². The topological polar surface area (TPSA) is 83.6 Å². The molecular weight excluding hydrogens is 268 g/mol. The number of benzene rings is 1. The van der Waals surface area contributed by atoms with Crippen molar-refractivity contribution >= 4 is 11.9 Å². The van der Waals surface area contributed by atoms with E-state index in [0.717, 1.165) is 18.4 Å². The van der Waals surface area contributed by atoms with Gasteiger partial charge in [-0.3, -0.25) is 9.59 Å². The first kappa shape index (κ1) is 15.5. The fraction of sp³-hybridized carbons (Fsp3) is 0.500. The number of carboxylic acids is 1. The molecule has 0 spiro atoms. The van der Waals surface area contributed by atoms with Gasteiger partial charge in [0.2, 0.25) is 5.91 Å². The van der Waals surface area contributed by atoms with Crippen molar-refractivity contribution in [3.63, 3.8) is 0 Å². The summed E-state index contributed by atoms with van der Waals surface area (Å²) in [6.45, 7) is 0.898. The smallest absolute Gasteiger partial charge is 0.308 e. The molecule has 1 aromatic rings. The van der Waals surface area contributed by atoms with E-state index < -0.39 is 17.9 Å². The molecule has 0 aliphatic carbocycles. The van der Waals surface area contributed by atoms with Crippen LogP contribution in [0.15, 0.2) is 30.3 Å². The quantitative estimate of drug-likeness (QED) is 0.855. The van der Waals surface area contributed by atoms with E-state index in [-0.39, 0.29) is 12.5 Å². The lowest BCUT2D eigenvalue weighted by atomic mass is 9.97. The van der Waals surface area contributed by atoms with E-state index in [0.29, 0.717) is 19.4 Å². The zero-order valence-electron chi connectivity index (χ0n) is 12.1. The summed E-state index contributed by atoms with van der Waals surface area (Å²) in [4.78, 5) is 24.9. The Morgan fingerprint density at radius 2 is 2.05 bits per heavy atom. The molecule has 1 aliphatic rings. The molecule has 1 saturated heterocycles. The van der Waals surface area contributed by atoms with Gasteiger partial charge < -0.3 is 15.7 Å². The second kappa shape index (κ2) is 7.22. The number of carbonyl (C=O) groups is 2. The summed E-state index contributed by atoms with van der Waals surface area (Å²) in [6, 6.07) is 9.35. The molecule has 1 fully saturated rings. The molecule has 0 aromatic heterocycles. The number of likely N-dealkylation sites (tertiary alicyclic amines) is 1. The van der Waals surface area contributed by atoms with Crippen LogP contribution in [-0.4, -0.2) is 41.0 Å². The van der Waals surface area contributed by atoms with E-state index in [2.05, 4.69) is 0 Å². The molecule has 0 unspecified atom stereocenters. The maximum absolute atomic E-state index is 12.3. The van der Waals surface area contributed by atoms with E-state index in [9.17, 15) is 9.59 Å². The summed E-state index contributed by atoms with van der Waals surface area (Å²) in [5.41, 5.74) is 7.13. The van der Waals surface area contributed by atoms with Crippen molar-refractivity contribution < 1.29 is 14.7 Å². The summed E-state index contributed by atoms with van der Waals surface area (Å²) in [7, 11) is 0. The number of amides is 1. The molecule has 3 N–H and O–H groups in total. The van der Waals surface area contributed by atoms with Crippen LogP contribution in [0.5, 0.6) is 0 Å². The lowest BCUT2D eigenvalue weighted by Gasteiger charge is -2.32. The van der Waals surface area contributed by atoms with Crippen LogP contribution in [0.4, 0.5) is 0 Å². The van der Waals surface area contributed by atoms with E-state index in [1.165, 1.54) is 0 Å². The molecule has 5 nitrogen and oxygen atoms in total. The molecule has 5 heteroatoms. The fourth-order valence-electron chi connectivity index (χ4n) is 2.70. The zero-order valence-corrected chi connectivity index (χ0v) is 12.1. The minimum Gasteiger partial charge on any atom is -0.481 e. The van der Waals surface area contributed by atoms with Crippen molar-refractivity contribution in [2.75, 3.05) is 13.1 Å². The van der Waals surface area contributed by atoms with Gasteiger partial charge in [0.25, 0.3) is 0 Å². The van der Waals surface area contributed by atoms with Gasteiger partial charge in [0, 0.05) is 13.1 Å². The largest absolute Gasteiger partial charge is 0.481 e. The van der Waals surface area contributed by atoms with Gasteiger partial charge in [-0.25, -0.2) is 0 Å². The predicted octanol–water partition coefficient (Wildman–Crippen LogP) is 1.27. The SMILES string of the molecule is N[C@@H](CCc1ccccc1)C(=O)N1CCC[C@@H](C(=O)O)C1. The molecule has 1 heterocycles. The highest BCUT2D eigenvalue weighted by atomic mass is 16.4. The van der Waals surface area contributed by atoms with E-state index in [1.807, 2.05) is 30.3 Å². The zero-order chi connectivity index (χ0) is 15.2. The Balaban J connectivity index is 1.85. The van der Waals surface area contributed by atoms with E-state index in [1.54, 1.807) is 4.90 Å². The molecule has 21 heavy (non-hydrogen) atoms. The molecule has 1 aromatic carbocycles. The summed E-state index contributed by atoms with van der Waals surface area (Å²) in [5, 5.41) is 9.06. The summed E-state index contributed by atoms with van der Waals surface area (Å²) in [6.07, 6.45) is 2.70. The maximum atomic E-state index is 12.3. The lowest BCUT2D eigenvalue weighted by molar-refractivity contribution is -0.146. The van der Waals surface area contributed by atoms with Crippen molar-refractivity contribution in [3.8, 4) is 0 Å². The van der Waals surface area contributed by atoms with Crippen LogP contribution >= 0.6 is 0 Å². The van der Waals surface area contributed by atoms with Gasteiger partial charge in [-0.05, 0) is 31.2 Å². The van der Waals surface area contributed by atoms with Crippen LogP contribution < -0.4 is 5.73 Å². The number of aryl methyl sites for hydroxylation is 1. The van der Waals surface area contributed by atoms with Crippen LogP contribution in [0.1, 0.15) is 24.8 Å². The first-order chi connectivity index (χ1) is 10.1. The second-order valence-corrected chi connectivity index (χ2v) is 5.59. The van der Waals surface area contributed by atoms with Crippen molar-refractivity contribution in [1.29, 1.82) is 0 Å². The Kier molecular flexibility index (Phi) is 5.33. The highest BCUT2D eigenvalue weighted by molar-refractivity contribution is 5.82. The Hall–Kier alpha value is -1.88. The normalized spacial score (nSPS) is 20.0. The molecule has 0 radical (unpaired) electrons. The maximum Gasteiger partial charge on any atom is 0.308 e. The van der Waals surface area contributed by atoms with Crippen molar-refractivity contribution in [2.24, 2.45) is 11.7 Å². The van der Waals surface area contributed by atoms with Gasteiger partial charge in [-0.15, -0.1) is 0 Å². The monoisotopic (exact) mass is 290 g/mol. The number of carboxylic acid groups (broad SMARTS) is 1. The van der Waals surface area contributed by atoms with Crippen LogP contribution in [0, 0.1) is 5.92 Å². The number of hydrogen-bond acceptors (Lipinski definition) is 3. The number of aliphatic carboxylic acids is 1. The highest BCUT2D eigenvalue weighted by Gasteiger charge is 2.30. The summed E-state index contributed by atoms with van der Waals surface area (Å²) in [5.74, 6) is -1.41. The Morgan fingerprint density at radius 1 is 1.33 bits per heavy atom. The second-order valence-electron chi connectivity index (χ2n) is 5.59. The number of carbonyl (C=O) groups excluding carboxylic acids is 1. The molecule has 0 bridgehead atoms. The molecule has 1 aliphatic heterocycles. The van der Waals surface area contributed by atoms with Crippen LogP contribution in [-0.2, 0) is 16.0 Å². The third kappa shape index (κ3) is 4.29. The number of hydrogen-bond donors (Lipinski definition) is 2. The van der Waals surface area contributed by atoms with Gasteiger partial charge in [0.15, 0.2) is 0 Å². The molecule has 1 amide bonds. The van der Waals surface area contributed by atoms with Crippen molar-refractivity contribution in [1.82, 2.24) is 4.90 Å². The average Bonchev–Trinajstić information content (AvgIpc) is 2.53. The third-order valence-corrected chi connectivity index (χ3v) is 3.99. The van der Waals surface area contributed by atoms with Crippen LogP contribution in [0.3, 0.4) is 0 Å². The average molecular weight is 290 g/mol. The number of rotatable bonds is 5. The minimum absolute atomic E-state index is 0.128. The van der Waals surface area contributed by atoms with Gasteiger partial charge in [0.05, 0.1) is 12.0 Å². The van der Waals surface area contributed by atoms with Gasteiger partial charge >= 0.3 is 5.97 Å². The Labute approximate surface area is 124 Å². The first-order valence-electron chi connectivity index (χ1n) is 7.39. The predicted molar refractivity (Wildman–Crippen MR) is 79.7 cm³/mol. The molecular formula is C16H22N2O3. The minimum atomic E-state index is -0.828. The Bertz CT molecular complexity index is 490. The number of nitrogens with zero attached hydrogens (tertiary/aromatic N) is 1. The van der Waals surface area contributed by atoms with Gasteiger partial charge in [0.1, 0.15) is 0 Å². The van der Waals surface area contributed by atoms with Crippen LogP contribution in [0.2, 0.25) is 0 Å². The standard InChI is InChI=1S/C16H22N2O3/c17-14(9-8-12-5-2-1-3-6-12)15(19)18-10-4-7-13(11-18)16(20)21/h1-3,5-6,13-14H,4,7-11,17H2,(H,20,21)/t13-,14+/m1/s1. The van der Waals surface area contributed by atoms with Crippen molar-refractivity contribution in [2.45, 2.75) is 31.7 Å². The molecule has 114 valence electrons. The third-order valence-electron chi connectivity index (χ3n) is 3.99.